The van der Waals surface area contributed by atoms with Crippen LogP contribution >= 0.6 is 0 Å². The lowest BCUT2D eigenvalue weighted by molar-refractivity contribution is 0.0528. The number of fused-ring (bicyclic) bond motifs is 2. The number of hydrogen-bond acceptors (Lipinski definition) is 5. The molecule has 0 unspecified atom stereocenters. The summed E-state index contributed by atoms with van der Waals surface area (Å²) in [5.41, 5.74) is 2.14. The van der Waals surface area contributed by atoms with Gasteiger partial charge in [0.15, 0.2) is 11.4 Å². The van der Waals surface area contributed by atoms with Crippen LogP contribution in [0, 0.1) is 5.41 Å². The van der Waals surface area contributed by atoms with Gasteiger partial charge in [-0.3, -0.25) is 0 Å². The molecule has 0 atom stereocenters. The van der Waals surface area contributed by atoms with Crippen LogP contribution in [0.15, 0.2) is 12.4 Å². The van der Waals surface area contributed by atoms with Crippen molar-refractivity contribution < 1.29 is 14.3 Å². The van der Waals surface area contributed by atoms with Crippen molar-refractivity contribution in [3.05, 3.63) is 23.7 Å². The summed E-state index contributed by atoms with van der Waals surface area (Å²) in [4.78, 5) is 16.7. The molecule has 6 heteroatoms. The molecule has 0 N–H and O–H groups in total. The van der Waals surface area contributed by atoms with Crippen LogP contribution in [0.3, 0.4) is 0 Å². The SMILES string of the molecule is CCOC(=O)c1cnn2cc3c(nc12)CC1(CCCC1)CO3. The Balaban J connectivity index is 1.75. The van der Waals surface area contributed by atoms with E-state index in [0.717, 1.165) is 24.5 Å². The van der Waals surface area contributed by atoms with Gasteiger partial charge in [-0.25, -0.2) is 14.3 Å². The second-order valence-electron chi connectivity index (χ2n) is 6.27. The van der Waals surface area contributed by atoms with Gasteiger partial charge < -0.3 is 9.47 Å². The van der Waals surface area contributed by atoms with Crippen molar-refractivity contribution in [1.82, 2.24) is 14.6 Å². The maximum atomic E-state index is 12.0. The van der Waals surface area contributed by atoms with Crippen molar-refractivity contribution in [2.24, 2.45) is 5.41 Å². The number of carbonyl (C=O) groups excluding carboxylic acids is 1. The van der Waals surface area contributed by atoms with Crippen LogP contribution in [0.2, 0.25) is 0 Å². The molecule has 2 aromatic rings. The standard InChI is InChI=1S/C16H19N3O3/c1-2-21-15(20)11-8-17-19-9-13-12(18-14(11)19)7-16(10-22-13)5-3-4-6-16/h8-9H,2-7,10H2,1H3. The van der Waals surface area contributed by atoms with E-state index in [4.69, 9.17) is 9.47 Å². The van der Waals surface area contributed by atoms with Crippen LogP contribution in [-0.4, -0.2) is 33.8 Å². The molecule has 1 aliphatic heterocycles. The fourth-order valence-corrected chi connectivity index (χ4v) is 3.61. The molecule has 1 saturated carbocycles. The zero-order chi connectivity index (χ0) is 15.2. The summed E-state index contributed by atoms with van der Waals surface area (Å²) < 4.78 is 12.6. The van der Waals surface area contributed by atoms with E-state index in [1.807, 2.05) is 6.20 Å². The van der Waals surface area contributed by atoms with Gasteiger partial charge >= 0.3 is 5.97 Å². The molecule has 1 fully saturated rings. The normalized spacial score (nSPS) is 19.1. The van der Waals surface area contributed by atoms with Crippen molar-refractivity contribution in [2.45, 2.75) is 39.0 Å². The van der Waals surface area contributed by atoms with E-state index >= 15 is 0 Å². The Bertz CT molecular complexity index is 732. The van der Waals surface area contributed by atoms with Crippen LogP contribution < -0.4 is 4.74 Å². The fourth-order valence-electron chi connectivity index (χ4n) is 3.61. The van der Waals surface area contributed by atoms with E-state index in [9.17, 15) is 4.79 Å². The number of hydrogen-bond donors (Lipinski definition) is 0. The van der Waals surface area contributed by atoms with Gasteiger partial charge in [-0.15, -0.1) is 0 Å². The number of ether oxygens (including phenoxy) is 2. The summed E-state index contributed by atoms with van der Waals surface area (Å²) in [7, 11) is 0. The molecule has 116 valence electrons. The van der Waals surface area contributed by atoms with Crippen LogP contribution in [0.5, 0.6) is 5.75 Å². The molecule has 0 saturated heterocycles. The lowest BCUT2D eigenvalue weighted by Crippen LogP contribution is -2.33. The third-order valence-corrected chi connectivity index (χ3v) is 4.77. The van der Waals surface area contributed by atoms with Gasteiger partial charge in [0.25, 0.3) is 0 Å². The molecule has 2 aromatic heterocycles. The maximum Gasteiger partial charge on any atom is 0.343 e. The Labute approximate surface area is 128 Å². The van der Waals surface area contributed by atoms with Crippen LogP contribution in [0.4, 0.5) is 0 Å². The summed E-state index contributed by atoms with van der Waals surface area (Å²) in [5.74, 6) is 0.404. The molecule has 4 rings (SSSR count). The van der Waals surface area contributed by atoms with Crippen LogP contribution in [0.25, 0.3) is 5.65 Å². The minimum Gasteiger partial charge on any atom is -0.489 e. The fraction of sp³-hybridized carbons (Fsp3) is 0.562. The van der Waals surface area contributed by atoms with Gasteiger partial charge in [0.05, 0.1) is 31.3 Å². The molecular weight excluding hydrogens is 282 g/mol. The van der Waals surface area contributed by atoms with Crippen molar-refractivity contribution in [2.75, 3.05) is 13.2 Å². The zero-order valence-electron chi connectivity index (χ0n) is 12.7. The van der Waals surface area contributed by atoms with Crippen LogP contribution in [0.1, 0.15) is 48.7 Å². The molecular formula is C16H19N3O3. The summed E-state index contributed by atoms with van der Waals surface area (Å²) in [5, 5.41) is 4.19. The minimum atomic E-state index is -0.378. The Hall–Kier alpha value is -2.11. The van der Waals surface area contributed by atoms with E-state index in [-0.39, 0.29) is 11.4 Å². The van der Waals surface area contributed by atoms with E-state index < -0.39 is 0 Å². The predicted molar refractivity (Wildman–Crippen MR) is 79.0 cm³/mol. The van der Waals surface area contributed by atoms with Gasteiger partial charge in [0, 0.05) is 11.8 Å². The second kappa shape index (κ2) is 4.97. The molecule has 1 spiro atoms. The van der Waals surface area contributed by atoms with Crippen LogP contribution in [-0.2, 0) is 11.2 Å². The van der Waals surface area contributed by atoms with E-state index in [1.165, 1.54) is 31.9 Å². The predicted octanol–water partition coefficient (Wildman–Crippen LogP) is 2.40. The summed E-state index contributed by atoms with van der Waals surface area (Å²) in [6.07, 6.45) is 9.18. The highest BCUT2D eigenvalue weighted by atomic mass is 16.5. The molecule has 0 amide bonds. The molecule has 2 aliphatic rings. The number of esters is 1. The molecule has 22 heavy (non-hydrogen) atoms. The Kier molecular flexibility index (Phi) is 3.06. The smallest absolute Gasteiger partial charge is 0.343 e. The van der Waals surface area contributed by atoms with Crippen molar-refractivity contribution in [1.29, 1.82) is 0 Å². The average molecular weight is 301 g/mol. The van der Waals surface area contributed by atoms with E-state index in [2.05, 4.69) is 10.1 Å². The second-order valence-corrected chi connectivity index (χ2v) is 6.27. The topological polar surface area (TPSA) is 65.7 Å². The Morgan fingerprint density at radius 3 is 3.05 bits per heavy atom. The number of rotatable bonds is 2. The number of carbonyl (C=O) groups is 1. The van der Waals surface area contributed by atoms with Gasteiger partial charge in [0.1, 0.15) is 5.56 Å². The highest BCUT2D eigenvalue weighted by molar-refractivity contribution is 5.95. The van der Waals surface area contributed by atoms with Gasteiger partial charge in [-0.2, -0.15) is 5.10 Å². The average Bonchev–Trinajstić information content (AvgIpc) is 3.12. The highest BCUT2D eigenvalue weighted by Gasteiger charge is 2.39. The first-order valence-electron chi connectivity index (χ1n) is 7.88. The van der Waals surface area contributed by atoms with Crippen molar-refractivity contribution in [3.8, 4) is 5.75 Å². The zero-order valence-corrected chi connectivity index (χ0v) is 12.7. The van der Waals surface area contributed by atoms with Gasteiger partial charge in [-0.05, 0) is 19.8 Å². The van der Waals surface area contributed by atoms with Crippen molar-refractivity contribution in [3.63, 3.8) is 0 Å². The Morgan fingerprint density at radius 1 is 1.45 bits per heavy atom. The molecule has 0 bridgehead atoms. The molecule has 0 radical (unpaired) electrons. The lowest BCUT2D eigenvalue weighted by Gasteiger charge is -2.33. The number of nitrogens with zero attached hydrogens (tertiary/aromatic N) is 3. The molecule has 3 heterocycles. The van der Waals surface area contributed by atoms with E-state index in [0.29, 0.717) is 17.8 Å². The van der Waals surface area contributed by atoms with Gasteiger partial charge in [-0.1, -0.05) is 12.8 Å². The summed E-state index contributed by atoms with van der Waals surface area (Å²) in [6, 6.07) is 0. The molecule has 6 nitrogen and oxygen atoms in total. The van der Waals surface area contributed by atoms with Crippen molar-refractivity contribution >= 4 is 11.6 Å². The third-order valence-electron chi connectivity index (χ3n) is 4.77. The minimum absolute atomic E-state index is 0.239. The number of aromatic nitrogens is 3. The first-order chi connectivity index (χ1) is 10.7. The highest BCUT2D eigenvalue weighted by Crippen LogP contribution is 2.45. The monoisotopic (exact) mass is 301 g/mol. The van der Waals surface area contributed by atoms with Gasteiger partial charge in [0.2, 0.25) is 0 Å². The molecule has 1 aliphatic carbocycles. The quantitative estimate of drug-likeness (QED) is 0.797. The largest absolute Gasteiger partial charge is 0.489 e. The van der Waals surface area contributed by atoms with E-state index in [1.54, 1.807) is 11.4 Å². The first-order valence-corrected chi connectivity index (χ1v) is 7.88. The summed E-state index contributed by atoms with van der Waals surface area (Å²) >= 11 is 0. The molecule has 0 aromatic carbocycles. The summed E-state index contributed by atoms with van der Waals surface area (Å²) in [6.45, 7) is 2.89. The Morgan fingerprint density at radius 2 is 2.27 bits per heavy atom. The third kappa shape index (κ3) is 2.05. The first kappa shape index (κ1) is 13.5. The lowest BCUT2D eigenvalue weighted by atomic mass is 9.81. The maximum absolute atomic E-state index is 12.0.